The monoisotopic (exact) mass is 294 g/mol. The lowest BCUT2D eigenvalue weighted by Gasteiger charge is -2.02. The number of rotatable bonds is 4. The van der Waals surface area contributed by atoms with Crippen molar-refractivity contribution in [3.05, 3.63) is 46.2 Å². The zero-order chi connectivity index (χ0) is 12.3. The Morgan fingerprint density at radius 2 is 2.06 bits per heavy atom. The Morgan fingerprint density at radius 1 is 1.35 bits per heavy atom. The Balaban J connectivity index is 2.08. The average molecular weight is 295 g/mol. The first kappa shape index (κ1) is 12.3. The fourth-order valence-corrected chi connectivity index (χ4v) is 1.81. The quantitative estimate of drug-likeness (QED) is 0.943. The second kappa shape index (κ2) is 5.42. The fourth-order valence-electron chi connectivity index (χ4n) is 1.55. The molecule has 1 unspecified atom stereocenters. The van der Waals surface area contributed by atoms with E-state index in [4.69, 9.17) is 5.73 Å². The average Bonchev–Trinajstić information content (AvgIpc) is 2.80. The largest absolute Gasteiger partial charge is 0.323 e. The highest BCUT2D eigenvalue weighted by atomic mass is 79.9. The van der Waals surface area contributed by atoms with Crippen molar-refractivity contribution in [1.29, 1.82) is 0 Å². The molecule has 1 aromatic heterocycles. The zero-order valence-corrected chi connectivity index (χ0v) is 11.3. The van der Waals surface area contributed by atoms with E-state index in [-0.39, 0.29) is 6.04 Å². The maximum atomic E-state index is 5.90. The minimum atomic E-state index is -0.0198. The van der Waals surface area contributed by atoms with E-state index in [0.717, 1.165) is 23.1 Å². The topological polar surface area (TPSA) is 56.7 Å². The number of benzene rings is 1. The van der Waals surface area contributed by atoms with E-state index in [1.54, 1.807) is 0 Å². The molecule has 2 rings (SSSR count). The fraction of sp³-hybridized carbons (Fsp3) is 0.333. The Morgan fingerprint density at radius 3 is 2.71 bits per heavy atom. The Hall–Kier alpha value is -1.20. The van der Waals surface area contributed by atoms with Crippen LogP contribution in [0.3, 0.4) is 0 Å². The van der Waals surface area contributed by atoms with E-state index in [1.165, 1.54) is 5.56 Å². The summed E-state index contributed by atoms with van der Waals surface area (Å²) in [5.41, 5.74) is 7.94. The van der Waals surface area contributed by atoms with Gasteiger partial charge in [0.15, 0.2) is 0 Å². The van der Waals surface area contributed by atoms with Crippen molar-refractivity contribution in [2.45, 2.75) is 25.9 Å². The van der Waals surface area contributed by atoms with Gasteiger partial charge in [0, 0.05) is 4.47 Å². The molecule has 0 aliphatic rings. The van der Waals surface area contributed by atoms with Gasteiger partial charge in [0.05, 0.1) is 24.5 Å². The van der Waals surface area contributed by atoms with Gasteiger partial charge in [0.25, 0.3) is 0 Å². The minimum Gasteiger partial charge on any atom is -0.323 e. The van der Waals surface area contributed by atoms with E-state index >= 15 is 0 Å². The van der Waals surface area contributed by atoms with Crippen LogP contribution in [-0.4, -0.2) is 15.0 Å². The summed E-state index contributed by atoms with van der Waals surface area (Å²) in [5, 5.41) is 8.16. The molecule has 0 bridgehead atoms. The Labute approximate surface area is 109 Å². The zero-order valence-electron chi connectivity index (χ0n) is 9.68. The summed E-state index contributed by atoms with van der Waals surface area (Å²) in [5.74, 6) is 0. The molecular weight excluding hydrogens is 280 g/mol. The van der Waals surface area contributed by atoms with Crippen LogP contribution in [0.15, 0.2) is 34.9 Å². The Kier molecular flexibility index (Phi) is 3.91. The van der Waals surface area contributed by atoms with Crippen molar-refractivity contribution in [3.63, 3.8) is 0 Å². The molecule has 90 valence electrons. The second-order valence-electron chi connectivity index (χ2n) is 3.98. The first-order valence-electron chi connectivity index (χ1n) is 5.59. The van der Waals surface area contributed by atoms with Gasteiger partial charge in [0.2, 0.25) is 0 Å². The summed E-state index contributed by atoms with van der Waals surface area (Å²) in [7, 11) is 0. The van der Waals surface area contributed by atoms with Gasteiger partial charge in [-0.25, -0.2) is 4.68 Å². The number of aromatic nitrogens is 3. The van der Waals surface area contributed by atoms with Crippen LogP contribution >= 0.6 is 15.9 Å². The number of hydrogen-bond acceptors (Lipinski definition) is 3. The molecule has 1 aromatic carbocycles. The molecule has 0 aliphatic heterocycles. The maximum absolute atomic E-state index is 5.90. The van der Waals surface area contributed by atoms with Crippen molar-refractivity contribution in [3.8, 4) is 0 Å². The molecule has 0 aliphatic carbocycles. The predicted molar refractivity (Wildman–Crippen MR) is 70.5 cm³/mol. The van der Waals surface area contributed by atoms with E-state index < -0.39 is 0 Å². The molecule has 0 saturated heterocycles. The van der Waals surface area contributed by atoms with Crippen LogP contribution < -0.4 is 5.73 Å². The van der Waals surface area contributed by atoms with Gasteiger partial charge in [-0.2, -0.15) is 0 Å². The lowest BCUT2D eigenvalue weighted by atomic mass is 10.2. The van der Waals surface area contributed by atoms with Crippen molar-refractivity contribution in [2.24, 2.45) is 5.73 Å². The third-order valence-electron chi connectivity index (χ3n) is 2.63. The number of nitrogens with two attached hydrogens (primary N) is 1. The molecule has 0 amide bonds. The molecule has 17 heavy (non-hydrogen) atoms. The van der Waals surface area contributed by atoms with E-state index in [2.05, 4.69) is 38.4 Å². The molecule has 1 heterocycles. The van der Waals surface area contributed by atoms with Gasteiger partial charge in [-0.05, 0) is 24.1 Å². The number of nitrogens with zero attached hydrogens (tertiary/aromatic N) is 3. The summed E-state index contributed by atoms with van der Waals surface area (Å²) >= 11 is 3.41. The predicted octanol–water partition coefficient (Wildman–Crippen LogP) is 2.50. The summed E-state index contributed by atoms with van der Waals surface area (Å²) < 4.78 is 2.89. The van der Waals surface area contributed by atoms with Gasteiger partial charge >= 0.3 is 0 Å². The second-order valence-corrected chi connectivity index (χ2v) is 4.90. The van der Waals surface area contributed by atoms with E-state index in [9.17, 15) is 0 Å². The third-order valence-corrected chi connectivity index (χ3v) is 3.16. The highest BCUT2D eigenvalue weighted by molar-refractivity contribution is 9.10. The van der Waals surface area contributed by atoms with E-state index in [1.807, 2.05) is 29.9 Å². The van der Waals surface area contributed by atoms with Crippen molar-refractivity contribution < 1.29 is 0 Å². The minimum absolute atomic E-state index is 0.0198. The first-order chi connectivity index (χ1) is 8.19. The van der Waals surface area contributed by atoms with Gasteiger partial charge in [-0.3, -0.25) is 0 Å². The standard InChI is InChI=1S/C12H15BrN4/c1-2-11(14)12-8-17(16-15-12)7-9-3-5-10(13)6-4-9/h3-6,8,11H,2,7,14H2,1H3. The van der Waals surface area contributed by atoms with Gasteiger partial charge in [-0.15, -0.1) is 5.10 Å². The molecule has 1 atom stereocenters. The first-order valence-corrected chi connectivity index (χ1v) is 6.38. The van der Waals surface area contributed by atoms with E-state index in [0.29, 0.717) is 0 Å². The van der Waals surface area contributed by atoms with Gasteiger partial charge in [0.1, 0.15) is 0 Å². The highest BCUT2D eigenvalue weighted by Crippen LogP contribution is 2.13. The van der Waals surface area contributed by atoms with Crippen LogP contribution in [0.2, 0.25) is 0 Å². The van der Waals surface area contributed by atoms with Crippen LogP contribution in [0.4, 0.5) is 0 Å². The number of halogens is 1. The van der Waals surface area contributed by atoms with Crippen LogP contribution in [0.1, 0.15) is 30.6 Å². The summed E-state index contributed by atoms with van der Waals surface area (Å²) in [6.07, 6.45) is 2.78. The molecule has 2 aromatic rings. The number of hydrogen-bond donors (Lipinski definition) is 1. The molecular formula is C12H15BrN4. The summed E-state index contributed by atoms with van der Waals surface area (Å²) in [4.78, 5) is 0. The Bertz CT molecular complexity index is 478. The highest BCUT2D eigenvalue weighted by Gasteiger charge is 2.08. The summed E-state index contributed by atoms with van der Waals surface area (Å²) in [6.45, 7) is 2.76. The molecule has 0 saturated carbocycles. The van der Waals surface area contributed by atoms with Crippen molar-refractivity contribution >= 4 is 15.9 Å². The smallest absolute Gasteiger partial charge is 0.0994 e. The molecule has 2 N–H and O–H groups in total. The lowest BCUT2D eigenvalue weighted by molar-refractivity contribution is 0.644. The van der Waals surface area contributed by atoms with Crippen molar-refractivity contribution in [1.82, 2.24) is 15.0 Å². The van der Waals surface area contributed by atoms with Crippen molar-refractivity contribution in [2.75, 3.05) is 0 Å². The third kappa shape index (κ3) is 3.14. The van der Waals surface area contributed by atoms with Crippen LogP contribution in [0.25, 0.3) is 0 Å². The van der Waals surface area contributed by atoms with Gasteiger partial charge < -0.3 is 5.73 Å². The maximum Gasteiger partial charge on any atom is 0.0994 e. The van der Waals surface area contributed by atoms with Crippen LogP contribution in [-0.2, 0) is 6.54 Å². The lowest BCUT2D eigenvalue weighted by Crippen LogP contribution is -2.08. The van der Waals surface area contributed by atoms with Crippen LogP contribution in [0, 0.1) is 0 Å². The molecule has 0 radical (unpaired) electrons. The normalized spacial score (nSPS) is 12.6. The molecule has 5 heteroatoms. The SMILES string of the molecule is CCC(N)c1cn(Cc2ccc(Br)cc2)nn1. The summed E-state index contributed by atoms with van der Waals surface area (Å²) in [6, 6.07) is 8.14. The molecule has 0 spiro atoms. The molecule has 4 nitrogen and oxygen atoms in total. The van der Waals surface area contributed by atoms with Crippen LogP contribution in [0.5, 0.6) is 0 Å². The van der Waals surface area contributed by atoms with Gasteiger partial charge in [-0.1, -0.05) is 40.2 Å². The molecule has 0 fully saturated rings.